The van der Waals surface area contributed by atoms with E-state index in [-0.39, 0.29) is 6.42 Å². The normalized spacial score (nSPS) is 41.1. The highest BCUT2D eigenvalue weighted by atomic mass is 16.4. The Bertz CT molecular complexity index is 248. The largest absolute Gasteiger partial charge is 0.479 e. The van der Waals surface area contributed by atoms with Crippen LogP contribution in [0.5, 0.6) is 0 Å². The molecule has 1 heterocycles. The number of aliphatic carboxylic acids is 1. The zero-order chi connectivity index (χ0) is 9.57. The van der Waals surface area contributed by atoms with Gasteiger partial charge in [-0.3, -0.25) is 4.79 Å². The van der Waals surface area contributed by atoms with Gasteiger partial charge in [-0.2, -0.15) is 0 Å². The van der Waals surface area contributed by atoms with E-state index in [2.05, 4.69) is 5.32 Å². The molecule has 3 N–H and O–H groups in total. The van der Waals surface area contributed by atoms with Crippen molar-refractivity contribution in [3.05, 3.63) is 0 Å². The first-order valence-electron chi connectivity index (χ1n) is 3.56. The molecule has 0 saturated carbocycles. The Balaban J connectivity index is 3.05. The quantitative estimate of drug-likeness (QED) is 0.479. The molecule has 0 aromatic carbocycles. The number of rotatable bonds is 1. The number of hydrogen-bond donors (Lipinski definition) is 3. The molecule has 0 spiro atoms. The van der Waals surface area contributed by atoms with Crippen LogP contribution in [0.4, 0.5) is 0 Å². The second-order valence-corrected chi connectivity index (χ2v) is 3.43. The van der Waals surface area contributed by atoms with Crippen molar-refractivity contribution in [1.82, 2.24) is 5.32 Å². The Morgan fingerprint density at radius 3 is 2.25 bits per heavy atom. The standard InChI is InChI=1S/C7H11NO4/c1-6(12)3-4(9)8-7(6,2)5(10)11/h12H,3H2,1-2H3,(H,8,9)(H,10,11)/t6?,7-/m1/s1. The number of hydrogen-bond acceptors (Lipinski definition) is 3. The minimum absolute atomic E-state index is 0.171. The van der Waals surface area contributed by atoms with Gasteiger partial charge in [0.05, 0.1) is 6.42 Å². The first kappa shape index (κ1) is 8.99. The van der Waals surface area contributed by atoms with E-state index in [1.54, 1.807) is 0 Å². The summed E-state index contributed by atoms with van der Waals surface area (Å²) in [5.41, 5.74) is -3.08. The molecule has 1 aliphatic rings. The molecule has 2 atom stereocenters. The Kier molecular flexibility index (Phi) is 1.64. The average molecular weight is 173 g/mol. The highest BCUT2D eigenvalue weighted by Crippen LogP contribution is 2.31. The van der Waals surface area contributed by atoms with Crippen LogP contribution in [0.25, 0.3) is 0 Å². The lowest BCUT2D eigenvalue weighted by Gasteiger charge is -2.30. The summed E-state index contributed by atoms with van der Waals surface area (Å²) in [7, 11) is 0. The molecule has 5 heteroatoms. The third kappa shape index (κ3) is 0.972. The molecule has 0 aromatic rings. The maximum absolute atomic E-state index is 10.8. The highest BCUT2D eigenvalue weighted by molar-refractivity contribution is 5.93. The third-order valence-corrected chi connectivity index (χ3v) is 2.40. The lowest BCUT2D eigenvalue weighted by atomic mass is 9.84. The van der Waals surface area contributed by atoms with Gasteiger partial charge in [0.1, 0.15) is 5.60 Å². The van der Waals surface area contributed by atoms with Crippen LogP contribution in [0.2, 0.25) is 0 Å². The molecule has 68 valence electrons. The van der Waals surface area contributed by atoms with Crippen LogP contribution in [0.15, 0.2) is 0 Å². The van der Waals surface area contributed by atoms with E-state index in [0.29, 0.717) is 0 Å². The first-order valence-corrected chi connectivity index (χ1v) is 3.56. The van der Waals surface area contributed by atoms with E-state index in [1.165, 1.54) is 13.8 Å². The molecule has 0 bridgehead atoms. The van der Waals surface area contributed by atoms with Gasteiger partial charge in [0.2, 0.25) is 5.91 Å². The maximum Gasteiger partial charge on any atom is 0.332 e. The van der Waals surface area contributed by atoms with Gasteiger partial charge >= 0.3 is 5.97 Å². The fraction of sp³-hybridized carbons (Fsp3) is 0.714. The third-order valence-electron chi connectivity index (χ3n) is 2.40. The summed E-state index contributed by atoms with van der Waals surface area (Å²) in [6.45, 7) is 2.62. The van der Waals surface area contributed by atoms with Gasteiger partial charge in [-0.25, -0.2) is 4.79 Å². The van der Waals surface area contributed by atoms with Crippen LogP contribution >= 0.6 is 0 Å². The predicted octanol–water partition coefficient (Wildman–Crippen LogP) is -0.899. The van der Waals surface area contributed by atoms with Crippen molar-refractivity contribution in [1.29, 1.82) is 0 Å². The minimum atomic E-state index is -1.57. The van der Waals surface area contributed by atoms with Gasteiger partial charge in [0.25, 0.3) is 0 Å². The van der Waals surface area contributed by atoms with E-state index in [0.717, 1.165) is 0 Å². The number of carbonyl (C=O) groups is 2. The Morgan fingerprint density at radius 2 is 2.08 bits per heavy atom. The first-order chi connectivity index (χ1) is 5.29. The summed E-state index contributed by atoms with van der Waals surface area (Å²) >= 11 is 0. The SMILES string of the molecule is CC1(O)CC(=O)N[C@]1(C)C(=O)O. The van der Waals surface area contributed by atoms with Gasteiger partial charge in [-0.15, -0.1) is 0 Å². The van der Waals surface area contributed by atoms with Crippen molar-refractivity contribution < 1.29 is 19.8 Å². The smallest absolute Gasteiger partial charge is 0.332 e. The number of carbonyl (C=O) groups excluding carboxylic acids is 1. The minimum Gasteiger partial charge on any atom is -0.479 e. The van der Waals surface area contributed by atoms with Crippen LogP contribution in [-0.2, 0) is 9.59 Å². The zero-order valence-corrected chi connectivity index (χ0v) is 6.92. The van der Waals surface area contributed by atoms with Crippen LogP contribution in [0.1, 0.15) is 20.3 Å². The summed E-state index contributed by atoms with van der Waals surface area (Å²) in [6.07, 6.45) is -0.171. The number of nitrogens with one attached hydrogen (secondary N) is 1. The molecule has 1 rings (SSSR count). The highest BCUT2D eigenvalue weighted by Gasteiger charge is 2.56. The molecular formula is C7H11NO4. The summed E-state index contributed by atoms with van der Waals surface area (Å²) < 4.78 is 0. The van der Waals surface area contributed by atoms with Crippen molar-refractivity contribution in [2.45, 2.75) is 31.4 Å². The molecule has 1 unspecified atom stereocenters. The lowest BCUT2D eigenvalue weighted by Crippen LogP contribution is -2.58. The molecule has 1 amide bonds. The summed E-state index contributed by atoms with van der Waals surface area (Å²) in [5, 5.41) is 20.6. The van der Waals surface area contributed by atoms with Crippen LogP contribution in [0.3, 0.4) is 0 Å². The van der Waals surface area contributed by atoms with Gasteiger partial charge < -0.3 is 15.5 Å². The van der Waals surface area contributed by atoms with E-state index in [4.69, 9.17) is 5.11 Å². The molecular weight excluding hydrogens is 162 g/mol. The van der Waals surface area contributed by atoms with Crippen LogP contribution in [0, 0.1) is 0 Å². The monoisotopic (exact) mass is 173 g/mol. The number of carboxylic acid groups (broad SMARTS) is 1. The number of carboxylic acids is 1. The summed E-state index contributed by atoms with van der Waals surface area (Å²) in [5.74, 6) is -1.66. The Hall–Kier alpha value is -1.10. The Labute approximate surface area is 69.4 Å². The number of amides is 1. The van der Waals surface area contributed by atoms with Crippen molar-refractivity contribution in [2.75, 3.05) is 0 Å². The van der Waals surface area contributed by atoms with Crippen LogP contribution < -0.4 is 5.32 Å². The van der Waals surface area contributed by atoms with Gasteiger partial charge in [-0.05, 0) is 13.8 Å². The molecule has 1 aliphatic heterocycles. The lowest BCUT2D eigenvalue weighted by molar-refractivity contribution is -0.152. The summed E-state index contributed by atoms with van der Waals surface area (Å²) in [4.78, 5) is 21.6. The van der Waals surface area contributed by atoms with E-state index < -0.39 is 23.0 Å². The topological polar surface area (TPSA) is 86.6 Å². The second kappa shape index (κ2) is 2.20. The van der Waals surface area contributed by atoms with E-state index >= 15 is 0 Å². The molecule has 1 saturated heterocycles. The fourth-order valence-corrected chi connectivity index (χ4v) is 1.23. The summed E-state index contributed by atoms with van der Waals surface area (Å²) in [6, 6.07) is 0. The molecule has 1 fully saturated rings. The van der Waals surface area contributed by atoms with Gasteiger partial charge in [0, 0.05) is 0 Å². The van der Waals surface area contributed by atoms with Gasteiger partial charge in [0.15, 0.2) is 5.54 Å². The van der Waals surface area contributed by atoms with Crippen molar-refractivity contribution in [2.24, 2.45) is 0 Å². The second-order valence-electron chi connectivity index (χ2n) is 3.43. The molecule has 0 radical (unpaired) electrons. The van der Waals surface area contributed by atoms with Crippen molar-refractivity contribution in [3.63, 3.8) is 0 Å². The molecule has 5 nitrogen and oxygen atoms in total. The molecule has 0 aliphatic carbocycles. The molecule has 12 heavy (non-hydrogen) atoms. The van der Waals surface area contributed by atoms with E-state index in [1.807, 2.05) is 0 Å². The fourth-order valence-electron chi connectivity index (χ4n) is 1.23. The van der Waals surface area contributed by atoms with Crippen LogP contribution in [-0.4, -0.2) is 33.2 Å². The maximum atomic E-state index is 10.8. The predicted molar refractivity (Wildman–Crippen MR) is 39.4 cm³/mol. The van der Waals surface area contributed by atoms with Crippen molar-refractivity contribution >= 4 is 11.9 Å². The van der Waals surface area contributed by atoms with Gasteiger partial charge in [-0.1, -0.05) is 0 Å². The number of aliphatic hydroxyl groups is 1. The molecule has 0 aromatic heterocycles. The zero-order valence-electron chi connectivity index (χ0n) is 6.92. The van der Waals surface area contributed by atoms with Crippen molar-refractivity contribution in [3.8, 4) is 0 Å². The Morgan fingerprint density at radius 1 is 1.58 bits per heavy atom. The average Bonchev–Trinajstić information content (AvgIpc) is 2.02. The van der Waals surface area contributed by atoms with E-state index in [9.17, 15) is 14.7 Å².